The lowest BCUT2D eigenvalue weighted by molar-refractivity contribution is -0.183. The molecule has 4 aliphatic carbocycles. The van der Waals surface area contributed by atoms with Crippen LogP contribution in [0.15, 0.2) is 24.3 Å². The number of rotatable bonds is 8. The van der Waals surface area contributed by atoms with E-state index in [0.29, 0.717) is 34.5 Å². The predicted molar refractivity (Wildman–Crippen MR) is 151 cm³/mol. The molecule has 0 amide bonds. The molecule has 206 valence electrons. The summed E-state index contributed by atoms with van der Waals surface area (Å²) in [5.74, 6) is 4.65. The van der Waals surface area contributed by atoms with Crippen molar-refractivity contribution in [2.75, 3.05) is 6.61 Å². The van der Waals surface area contributed by atoms with Gasteiger partial charge in [0, 0.05) is 0 Å². The van der Waals surface area contributed by atoms with Crippen LogP contribution in [-0.2, 0) is 0 Å². The quantitative estimate of drug-likeness (QED) is 0.380. The number of benzene rings is 1. The molecule has 0 bridgehead atoms. The smallest absolute Gasteiger partial charge is 0.339 e. The van der Waals surface area contributed by atoms with Crippen LogP contribution in [0.3, 0.4) is 0 Å². The average molecular weight is 509 g/mol. The molecular formula is C34H52O3. The Morgan fingerprint density at radius 1 is 1.03 bits per heavy atom. The molecule has 0 spiro atoms. The molecule has 5 rings (SSSR count). The number of ether oxygens (including phenoxy) is 1. The van der Waals surface area contributed by atoms with Gasteiger partial charge in [-0.3, -0.25) is 0 Å². The number of hydrogen-bond donors (Lipinski definition) is 1. The molecule has 4 fully saturated rings. The molecule has 1 N–H and O–H groups in total. The van der Waals surface area contributed by atoms with Crippen molar-refractivity contribution in [3.63, 3.8) is 0 Å². The lowest BCUT2D eigenvalue weighted by Gasteiger charge is -2.67. The highest BCUT2D eigenvalue weighted by Crippen LogP contribution is 2.75. The Morgan fingerprint density at radius 2 is 1.81 bits per heavy atom. The standard InChI is InChI=1S/C34H52O3/c1-6-24-22-29-28(32(4)18-11-10-13-27(24)32)15-19-33(5)26(16-20-34(29,33)7-2)23(3)17-21-37-30-14-9-8-12-25(30)31(35)36/h8-9,12,14,23-24,26-29H,6-7,10-11,13,15-22H2,1-5H3,(H,35,36)/t23-,24+,26?,27?,28?,29?,32?,33?,34?/m1/s1. The van der Waals surface area contributed by atoms with E-state index >= 15 is 0 Å². The van der Waals surface area contributed by atoms with Crippen molar-refractivity contribution < 1.29 is 14.6 Å². The van der Waals surface area contributed by atoms with Gasteiger partial charge in [-0.15, -0.1) is 0 Å². The summed E-state index contributed by atoms with van der Waals surface area (Å²) in [5.41, 5.74) is 1.74. The highest BCUT2D eigenvalue weighted by atomic mass is 16.5. The maximum absolute atomic E-state index is 11.6. The molecule has 3 nitrogen and oxygen atoms in total. The molecule has 37 heavy (non-hydrogen) atoms. The van der Waals surface area contributed by atoms with Crippen LogP contribution >= 0.6 is 0 Å². The van der Waals surface area contributed by atoms with Gasteiger partial charge in [-0.25, -0.2) is 4.79 Å². The van der Waals surface area contributed by atoms with E-state index in [0.717, 1.165) is 36.0 Å². The number of carboxylic acids is 1. The predicted octanol–water partition coefficient (Wildman–Crippen LogP) is 9.26. The Labute approximate surface area is 226 Å². The molecule has 0 aliphatic heterocycles. The van der Waals surface area contributed by atoms with Gasteiger partial charge in [0.05, 0.1) is 6.61 Å². The maximum atomic E-state index is 11.6. The molecular weight excluding hydrogens is 456 g/mol. The van der Waals surface area contributed by atoms with Gasteiger partial charge in [0.2, 0.25) is 0 Å². The van der Waals surface area contributed by atoms with E-state index in [1.165, 1.54) is 70.6 Å². The van der Waals surface area contributed by atoms with Crippen molar-refractivity contribution in [3.05, 3.63) is 29.8 Å². The topological polar surface area (TPSA) is 46.5 Å². The minimum atomic E-state index is -0.914. The van der Waals surface area contributed by atoms with Crippen LogP contribution in [0, 0.1) is 51.8 Å². The second-order valence-electron chi connectivity index (χ2n) is 14.0. The van der Waals surface area contributed by atoms with Crippen LogP contribution in [0.5, 0.6) is 5.75 Å². The zero-order chi connectivity index (χ0) is 26.4. The normalized spacial score (nSPS) is 41.8. The molecule has 4 saturated carbocycles. The van der Waals surface area contributed by atoms with Crippen molar-refractivity contribution in [1.82, 2.24) is 0 Å². The summed E-state index contributed by atoms with van der Waals surface area (Å²) in [6.07, 6.45) is 16.7. The van der Waals surface area contributed by atoms with Crippen LogP contribution in [0.4, 0.5) is 0 Å². The Balaban J connectivity index is 1.34. The first-order valence-corrected chi connectivity index (χ1v) is 15.7. The molecule has 4 aliphatic rings. The zero-order valence-electron chi connectivity index (χ0n) is 24.2. The van der Waals surface area contributed by atoms with Gasteiger partial charge in [0.25, 0.3) is 0 Å². The Bertz CT molecular complexity index is 972. The summed E-state index contributed by atoms with van der Waals surface area (Å²) < 4.78 is 6.06. The first-order valence-electron chi connectivity index (χ1n) is 15.7. The fourth-order valence-electron chi connectivity index (χ4n) is 11.3. The van der Waals surface area contributed by atoms with Crippen molar-refractivity contribution in [3.8, 4) is 5.75 Å². The van der Waals surface area contributed by atoms with Gasteiger partial charge in [-0.05, 0) is 122 Å². The zero-order valence-corrected chi connectivity index (χ0v) is 24.2. The monoisotopic (exact) mass is 508 g/mol. The van der Waals surface area contributed by atoms with Gasteiger partial charge < -0.3 is 9.84 Å². The summed E-state index contributed by atoms with van der Waals surface area (Å²) in [6.45, 7) is 13.5. The van der Waals surface area contributed by atoms with Crippen molar-refractivity contribution in [1.29, 1.82) is 0 Å². The average Bonchev–Trinajstić information content (AvgIpc) is 3.21. The number of carbonyl (C=O) groups is 1. The Kier molecular flexibility index (Phi) is 7.49. The number of para-hydroxylation sites is 1. The van der Waals surface area contributed by atoms with E-state index in [1.807, 2.05) is 6.07 Å². The van der Waals surface area contributed by atoms with E-state index in [1.54, 1.807) is 18.2 Å². The van der Waals surface area contributed by atoms with Gasteiger partial charge >= 0.3 is 5.97 Å². The molecule has 7 unspecified atom stereocenters. The molecule has 3 heteroatoms. The number of carboxylic acid groups (broad SMARTS) is 1. The minimum Gasteiger partial charge on any atom is -0.493 e. The van der Waals surface area contributed by atoms with Gasteiger partial charge in [-0.2, -0.15) is 0 Å². The molecule has 0 radical (unpaired) electrons. The highest BCUT2D eigenvalue weighted by molar-refractivity contribution is 5.90. The molecule has 0 aromatic heterocycles. The molecule has 1 aromatic rings. The Morgan fingerprint density at radius 3 is 2.54 bits per heavy atom. The minimum absolute atomic E-state index is 0.267. The molecule has 1 aromatic carbocycles. The van der Waals surface area contributed by atoms with Crippen LogP contribution in [0.25, 0.3) is 0 Å². The van der Waals surface area contributed by atoms with E-state index < -0.39 is 5.97 Å². The van der Waals surface area contributed by atoms with Crippen LogP contribution in [0.2, 0.25) is 0 Å². The number of aromatic carboxylic acids is 1. The fourth-order valence-corrected chi connectivity index (χ4v) is 11.3. The van der Waals surface area contributed by atoms with Gasteiger partial charge in [0.15, 0.2) is 0 Å². The first-order chi connectivity index (χ1) is 17.7. The van der Waals surface area contributed by atoms with Crippen molar-refractivity contribution >= 4 is 5.97 Å². The summed E-state index contributed by atoms with van der Waals surface area (Å²) in [6, 6.07) is 7.06. The van der Waals surface area contributed by atoms with Crippen molar-refractivity contribution in [2.45, 2.75) is 112 Å². The molecule has 0 saturated heterocycles. The highest BCUT2D eigenvalue weighted by Gasteiger charge is 2.67. The molecule has 9 atom stereocenters. The third-order valence-electron chi connectivity index (χ3n) is 13.1. The first kappa shape index (κ1) is 27.1. The summed E-state index contributed by atoms with van der Waals surface area (Å²) in [4.78, 5) is 11.6. The van der Waals surface area contributed by atoms with E-state index in [9.17, 15) is 9.90 Å². The van der Waals surface area contributed by atoms with E-state index in [2.05, 4.69) is 34.6 Å². The third kappa shape index (κ3) is 4.17. The third-order valence-corrected chi connectivity index (χ3v) is 13.1. The largest absolute Gasteiger partial charge is 0.493 e. The SMILES string of the molecule is CC[C@H]1CC2C(CCC3(C)C([C@H](C)CCOc4ccccc4C(=O)O)CCC23CC)C2(C)CCCCC12. The van der Waals surface area contributed by atoms with Crippen LogP contribution in [0.1, 0.15) is 122 Å². The van der Waals surface area contributed by atoms with Gasteiger partial charge in [-0.1, -0.05) is 66.0 Å². The summed E-state index contributed by atoms with van der Waals surface area (Å²) >= 11 is 0. The summed E-state index contributed by atoms with van der Waals surface area (Å²) in [5, 5.41) is 9.51. The van der Waals surface area contributed by atoms with E-state index in [4.69, 9.17) is 4.74 Å². The fraction of sp³-hybridized carbons (Fsp3) is 0.794. The second-order valence-corrected chi connectivity index (χ2v) is 14.0. The number of fused-ring (bicyclic) bond motifs is 5. The van der Waals surface area contributed by atoms with Gasteiger partial charge in [0.1, 0.15) is 11.3 Å². The van der Waals surface area contributed by atoms with Crippen LogP contribution in [-0.4, -0.2) is 17.7 Å². The van der Waals surface area contributed by atoms with Crippen LogP contribution < -0.4 is 4.74 Å². The van der Waals surface area contributed by atoms with E-state index in [-0.39, 0.29) is 5.56 Å². The second kappa shape index (κ2) is 10.2. The lowest BCUT2D eigenvalue weighted by Crippen LogP contribution is -2.60. The van der Waals surface area contributed by atoms with Crippen molar-refractivity contribution in [2.24, 2.45) is 51.8 Å². The lowest BCUT2D eigenvalue weighted by atomic mass is 9.38. The maximum Gasteiger partial charge on any atom is 0.339 e. The summed E-state index contributed by atoms with van der Waals surface area (Å²) in [7, 11) is 0. The Hall–Kier alpha value is -1.51. The number of hydrogen-bond acceptors (Lipinski definition) is 2. The molecule has 0 heterocycles.